The Labute approximate surface area is 215 Å². The average molecular weight is 479 g/mol. The minimum absolute atomic E-state index is 0.00682. The molecule has 0 amide bonds. The van der Waals surface area contributed by atoms with Crippen LogP contribution in [0.1, 0.15) is 181 Å². The van der Waals surface area contributed by atoms with Crippen molar-refractivity contribution in [2.45, 2.75) is 181 Å². The topological polar surface area (TPSA) is 26.3 Å². The third-order valence-corrected chi connectivity index (χ3v) is 6.92. The minimum Gasteiger partial charge on any atom is -0.466 e. The van der Waals surface area contributed by atoms with Gasteiger partial charge in [0, 0.05) is 6.42 Å². The predicted molar refractivity (Wildman–Crippen MR) is 151 cm³/mol. The number of hydrogen-bond acceptors (Lipinski definition) is 2. The van der Waals surface area contributed by atoms with Gasteiger partial charge in [-0.2, -0.15) is 0 Å². The fraction of sp³-hybridized carbons (Fsp3) is 0.906. The van der Waals surface area contributed by atoms with Gasteiger partial charge in [0.05, 0.1) is 6.61 Å². The molecule has 0 saturated carbocycles. The number of unbranched alkanes of at least 4 members (excludes halogenated alkanes) is 22. The zero-order valence-electron chi connectivity index (χ0n) is 23.6. The van der Waals surface area contributed by atoms with Gasteiger partial charge in [-0.3, -0.25) is 4.79 Å². The first kappa shape index (κ1) is 33.2. The van der Waals surface area contributed by atoms with E-state index in [4.69, 9.17) is 4.74 Å². The Bertz CT molecular complexity index is 415. The predicted octanol–water partition coefficient (Wildman–Crippen LogP) is 11.3. The number of carbonyl (C=O) groups excluding carboxylic acids is 1. The van der Waals surface area contributed by atoms with Crippen molar-refractivity contribution in [3.63, 3.8) is 0 Å². The highest BCUT2D eigenvalue weighted by atomic mass is 16.5. The molecule has 0 spiro atoms. The molecular formula is C32H62O2. The summed E-state index contributed by atoms with van der Waals surface area (Å²) in [6.45, 7) is 5.01. The maximum absolute atomic E-state index is 11.7. The van der Waals surface area contributed by atoms with Crippen LogP contribution in [0.2, 0.25) is 0 Å². The molecule has 0 N–H and O–H groups in total. The first-order valence-corrected chi connectivity index (χ1v) is 15.6. The van der Waals surface area contributed by atoms with Crippen LogP contribution in [0.3, 0.4) is 0 Å². The largest absolute Gasteiger partial charge is 0.466 e. The van der Waals surface area contributed by atoms with Crippen LogP contribution in [0, 0.1) is 0 Å². The fourth-order valence-electron chi connectivity index (χ4n) is 4.62. The summed E-state index contributed by atoms with van der Waals surface area (Å²) in [5.41, 5.74) is 0. The Morgan fingerprint density at radius 2 is 0.882 bits per heavy atom. The number of ether oxygens (including phenoxy) is 1. The van der Waals surface area contributed by atoms with Crippen molar-refractivity contribution in [2.75, 3.05) is 6.61 Å². The molecule has 0 fully saturated rings. The van der Waals surface area contributed by atoms with Crippen molar-refractivity contribution >= 4 is 5.97 Å². The van der Waals surface area contributed by atoms with Crippen molar-refractivity contribution in [1.29, 1.82) is 0 Å². The van der Waals surface area contributed by atoms with Gasteiger partial charge in [-0.15, -0.1) is 0 Å². The number of rotatable bonds is 28. The first-order valence-electron chi connectivity index (χ1n) is 15.6. The maximum atomic E-state index is 11.7. The van der Waals surface area contributed by atoms with Crippen LogP contribution in [0.25, 0.3) is 0 Å². The van der Waals surface area contributed by atoms with Gasteiger partial charge in [0.1, 0.15) is 0 Å². The summed E-state index contributed by atoms with van der Waals surface area (Å²) in [6.07, 6.45) is 38.7. The van der Waals surface area contributed by atoms with Crippen LogP contribution in [0.5, 0.6) is 0 Å². The number of carbonyl (C=O) groups is 1. The van der Waals surface area contributed by atoms with Crippen molar-refractivity contribution in [3.8, 4) is 0 Å². The highest BCUT2D eigenvalue weighted by Gasteiger charge is 2.02. The van der Waals surface area contributed by atoms with Crippen LogP contribution >= 0.6 is 0 Å². The number of esters is 1. The molecule has 0 atom stereocenters. The molecule has 0 saturated heterocycles. The van der Waals surface area contributed by atoms with Crippen LogP contribution in [0.15, 0.2) is 12.2 Å². The van der Waals surface area contributed by atoms with E-state index in [1.54, 1.807) is 0 Å². The van der Waals surface area contributed by atoms with Gasteiger partial charge >= 0.3 is 5.97 Å². The summed E-state index contributed by atoms with van der Waals surface area (Å²) in [5.74, 6) is -0.00682. The highest BCUT2D eigenvalue weighted by Crippen LogP contribution is 2.15. The molecule has 0 rings (SSSR count). The van der Waals surface area contributed by atoms with Crippen LogP contribution in [-0.4, -0.2) is 12.6 Å². The van der Waals surface area contributed by atoms with Gasteiger partial charge in [0.2, 0.25) is 0 Å². The molecule has 202 valence electrons. The van der Waals surface area contributed by atoms with E-state index in [9.17, 15) is 4.79 Å². The summed E-state index contributed by atoms with van der Waals surface area (Å²) in [5, 5.41) is 0. The molecule has 0 aliphatic carbocycles. The molecule has 0 aliphatic rings. The number of hydrogen-bond donors (Lipinski definition) is 0. The van der Waals surface area contributed by atoms with Gasteiger partial charge < -0.3 is 4.74 Å². The SMILES string of the molecule is CC/C=C/CCCOC(=O)CCCCCCCCCCCCCCCCCCCCCCCC. The fourth-order valence-corrected chi connectivity index (χ4v) is 4.62. The molecule has 0 aromatic heterocycles. The minimum atomic E-state index is -0.00682. The quantitative estimate of drug-likeness (QED) is 0.0634. The van der Waals surface area contributed by atoms with Crippen LogP contribution < -0.4 is 0 Å². The van der Waals surface area contributed by atoms with Crippen LogP contribution in [-0.2, 0) is 9.53 Å². The molecule has 0 aliphatic heterocycles. The lowest BCUT2D eigenvalue weighted by molar-refractivity contribution is -0.143. The van der Waals surface area contributed by atoms with Crippen LogP contribution in [0.4, 0.5) is 0 Å². The lowest BCUT2D eigenvalue weighted by Gasteiger charge is -2.05. The zero-order valence-corrected chi connectivity index (χ0v) is 23.6. The van der Waals surface area contributed by atoms with E-state index in [0.29, 0.717) is 13.0 Å². The molecule has 2 nitrogen and oxygen atoms in total. The highest BCUT2D eigenvalue weighted by molar-refractivity contribution is 5.69. The first-order chi connectivity index (χ1) is 16.8. The summed E-state index contributed by atoms with van der Waals surface area (Å²) in [4.78, 5) is 11.7. The average Bonchev–Trinajstić information content (AvgIpc) is 2.84. The second kappa shape index (κ2) is 30.2. The van der Waals surface area contributed by atoms with E-state index in [0.717, 1.165) is 25.7 Å². The van der Waals surface area contributed by atoms with Gasteiger partial charge in [-0.25, -0.2) is 0 Å². The third-order valence-electron chi connectivity index (χ3n) is 6.92. The zero-order chi connectivity index (χ0) is 24.8. The summed E-state index contributed by atoms with van der Waals surface area (Å²) < 4.78 is 5.30. The molecule has 0 aromatic carbocycles. The van der Waals surface area contributed by atoms with Crippen molar-refractivity contribution in [2.24, 2.45) is 0 Å². The molecular weight excluding hydrogens is 416 g/mol. The lowest BCUT2D eigenvalue weighted by Crippen LogP contribution is -2.05. The lowest BCUT2D eigenvalue weighted by atomic mass is 10.0. The monoisotopic (exact) mass is 478 g/mol. The van der Waals surface area contributed by atoms with Crippen molar-refractivity contribution < 1.29 is 9.53 Å². The van der Waals surface area contributed by atoms with E-state index in [1.807, 2.05) is 0 Å². The Balaban J connectivity index is 3.11. The normalized spacial score (nSPS) is 11.5. The van der Waals surface area contributed by atoms with Gasteiger partial charge in [0.15, 0.2) is 0 Å². The van der Waals surface area contributed by atoms with E-state index in [2.05, 4.69) is 26.0 Å². The maximum Gasteiger partial charge on any atom is 0.305 e. The van der Waals surface area contributed by atoms with Crippen molar-refractivity contribution in [1.82, 2.24) is 0 Å². The second-order valence-electron chi connectivity index (χ2n) is 10.4. The molecule has 0 aromatic rings. The summed E-state index contributed by atoms with van der Waals surface area (Å²) in [6, 6.07) is 0. The van der Waals surface area contributed by atoms with E-state index in [1.165, 1.54) is 135 Å². The van der Waals surface area contributed by atoms with Gasteiger partial charge in [-0.05, 0) is 25.7 Å². The molecule has 0 radical (unpaired) electrons. The molecule has 0 unspecified atom stereocenters. The molecule has 0 bridgehead atoms. The standard InChI is InChI=1S/C32H62O2/c1-3-5-7-9-10-11-12-13-14-15-16-17-18-19-20-21-22-23-24-25-26-28-30-32(33)34-31-29-27-8-6-4-2/h6,8H,3-5,7,9-31H2,1-2H3/b8-6+. The molecule has 2 heteroatoms. The molecule has 34 heavy (non-hydrogen) atoms. The van der Waals surface area contributed by atoms with Crippen molar-refractivity contribution in [3.05, 3.63) is 12.2 Å². The smallest absolute Gasteiger partial charge is 0.305 e. The van der Waals surface area contributed by atoms with Gasteiger partial charge in [0.25, 0.3) is 0 Å². The van der Waals surface area contributed by atoms with E-state index >= 15 is 0 Å². The summed E-state index contributed by atoms with van der Waals surface area (Å²) >= 11 is 0. The Morgan fingerprint density at radius 3 is 1.26 bits per heavy atom. The Hall–Kier alpha value is -0.790. The van der Waals surface area contributed by atoms with E-state index < -0.39 is 0 Å². The Morgan fingerprint density at radius 1 is 0.500 bits per heavy atom. The van der Waals surface area contributed by atoms with E-state index in [-0.39, 0.29) is 5.97 Å². The van der Waals surface area contributed by atoms with Gasteiger partial charge in [-0.1, -0.05) is 161 Å². The molecule has 0 heterocycles. The third kappa shape index (κ3) is 29.2. The summed E-state index contributed by atoms with van der Waals surface area (Å²) in [7, 11) is 0. The number of allylic oxidation sites excluding steroid dienone is 2. The second-order valence-corrected chi connectivity index (χ2v) is 10.4. The Kier molecular flexibility index (Phi) is 29.5.